The van der Waals surface area contributed by atoms with Gasteiger partial charge in [0.1, 0.15) is 17.2 Å². The van der Waals surface area contributed by atoms with E-state index < -0.39 is 0 Å². The Bertz CT molecular complexity index is 1190. The first kappa shape index (κ1) is 25.1. The molecule has 0 aliphatic rings. The SMILES string of the molecule is COc1cccc(COCc2ccc(N(Cc3cccc(OC)c3)Cc3cccc(OC)c3)cc2)c1. The van der Waals surface area contributed by atoms with Crippen LogP contribution in [0.2, 0.25) is 0 Å². The lowest BCUT2D eigenvalue weighted by Gasteiger charge is -2.26. The molecular weight excluding hydrogens is 450 g/mol. The van der Waals surface area contributed by atoms with Gasteiger partial charge in [0, 0.05) is 18.8 Å². The smallest absolute Gasteiger partial charge is 0.119 e. The van der Waals surface area contributed by atoms with E-state index in [1.54, 1.807) is 21.3 Å². The summed E-state index contributed by atoms with van der Waals surface area (Å²) in [5, 5.41) is 0. The van der Waals surface area contributed by atoms with Crippen LogP contribution >= 0.6 is 0 Å². The molecule has 4 rings (SSSR count). The molecule has 0 spiro atoms. The van der Waals surface area contributed by atoms with Crippen LogP contribution in [0.25, 0.3) is 0 Å². The van der Waals surface area contributed by atoms with Gasteiger partial charge in [0.05, 0.1) is 34.5 Å². The van der Waals surface area contributed by atoms with Gasteiger partial charge < -0.3 is 23.8 Å². The first-order chi connectivity index (χ1) is 17.7. The van der Waals surface area contributed by atoms with E-state index in [1.807, 2.05) is 48.5 Å². The fourth-order valence-corrected chi connectivity index (χ4v) is 4.07. The highest BCUT2D eigenvalue weighted by Crippen LogP contribution is 2.24. The van der Waals surface area contributed by atoms with Gasteiger partial charge in [-0.3, -0.25) is 0 Å². The summed E-state index contributed by atoms with van der Waals surface area (Å²) in [5.41, 5.74) is 5.72. The third-order valence-electron chi connectivity index (χ3n) is 5.99. The van der Waals surface area contributed by atoms with E-state index in [-0.39, 0.29) is 0 Å². The van der Waals surface area contributed by atoms with E-state index in [9.17, 15) is 0 Å². The van der Waals surface area contributed by atoms with Crippen molar-refractivity contribution in [2.75, 3.05) is 26.2 Å². The molecule has 186 valence electrons. The predicted molar refractivity (Wildman–Crippen MR) is 144 cm³/mol. The first-order valence-electron chi connectivity index (χ1n) is 12.0. The summed E-state index contributed by atoms with van der Waals surface area (Å²) in [6.07, 6.45) is 0. The lowest BCUT2D eigenvalue weighted by atomic mass is 10.1. The van der Waals surface area contributed by atoms with E-state index in [0.29, 0.717) is 13.2 Å². The number of benzene rings is 4. The van der Waals surface area contributed by atoms with Gasteiger partial charge in [-0.15, -0.1) is 0 Å². The van der Waals surface area contributed by atoms with E-state index in [1.165, 1.54) is 11.1 Å². The Hall–Kier alpha value is -3.96. The van der Waals surface area contributed by atoms with Crippen LogP contribution in [-0.2, 0) is 31.0 Å². The van der Waals surface area contributed by atoms with Crippen LogP contribution in [0.4, 0.5) is 5.69 Å². The second-order valence-electron chi connectivity index (χ2n) is 8.57. The molecule has 0 heterocycles. The number of ether oxygens (including phenoxy) is 4. The van der Waals surface area contributed by atoms with Crippen LogP contribution in [0, 0.1) is 0 Å². The van der Waals surface area contributed by atoms with Gasteiger partial charge in [0.2, 0.25) is 0 Å². The van der Waals surface area contributed by atoms with Gasteiger partial charge in [-0.25, -0.2) is 0 Å². The molecule has 0 unspecified atom stereocenters. The Morgan fingerprint density at radius 3 is 1.44 bits per heavy atom. The van der Waals surface area contributed by atoms with Crippen LogP contribution in [0.3, 0.4) is 0 Å². The minimum Gasteiger partial charge on any atom is -0.497 e. The summed E-state index contributed by atoms with van der Waals surface area (Å²) in [7, 11) is 5.07. The molecule has 0 amide bonds. The Morgan fingerprint density at radius 2 is 0.944 bits per heavy atom. The molecule has 0 aliphatic heterocycles. The molecule has 0 aliphatic carbocycles. The fourth-order valence-electron chi connectivity index (χ4n) is 4.07. The van der Waals surface area contributed by atoms with Crippen molar-refractivity contribution in [1.82, 2.24) is 0 Å². The average Bonchev–Trinajstić information content (AvgIpc) is 2.93. The van der Waals surface area contributed by atoms with E-state index in [2.05, 4.69) is 53.4 Å². The molecule has 0 saturated heterocycles. The monoisotopic (exact) mass is 483 g/mol. The standard InChI is InChI=1S/C31H33NO4/c1-33-29-10-4-7-25(17-29)20-32(21-26-8-5-11-30(18-26)34-2)28-15-13-24(14-16-28)22-36-23-27-9-6-12-31(19-27)35-3/h4-19H,20-23H2,1-3H3. The fraction of sp³-hybridized carbons (Fsp3) is 0.226. The van der Waals surface area contributed by atoms with Crippen LogP contribution in [0.15, 0.2) is 97.1 Å². The lowest BCUT2D eigenvalue weighted by Crippen LogP contribution is -2.22. The van der Waals surface area contributed by atoms with Crippen molar-refractivity contribution in [2.45, 2.75) is 26.3 Å². The number of nitrogens with zero attached hydrogens (tertiary/aromatic N) is 1. The van der Waals surface area contributed by atoms with Crippen molar-refractivity contribution >= 4 is 5.69 Å². The first-order valence-corrected chi connectivity index (χ1v) is 12.0. The molecule has 0 aromatic heterocycles. The summed E-state index contributed by atoms with van der Waals surface area (Å²) < 4.78 is 22.1. The Kier molecular flexibility index (Phi) is 8.84. The van der Waals surface area contributed by atoms with Crippen LogP contribution in [0.5, 0.6) is 17.2 Å². The van der Waals surface area contributed by atoms with Crippen molar-refractivity contribution in [2.24, 2.45) is 0 Å². The van der Waals surface area contributed by atoms with Crippen molar-refractivity contribution < 1.29 is 18.9 Å². The topological polar surface area (TPSA) is 40.2 Å². The van der Waals surface area contributed by atoms with Crippen LogP contribution < -0.4 is 19.1 Å². The molecule has 5 nitrogen and oxygen atoms in total. The molecule has 4 aromatic rings. The average molecular weight is 484 g/mol. The minimum atomic E-state index is 0.538. The van der Waals surface area contributed by atoms with Crippen molar-refractivity contribution in [3.63, 3.8) is 0 Å². The highest BCUT2D eigenvalue weighted by molar-refractivity contribution is 5.49. The maximum atomic E-state index is 5.95. The zero-order valence-corrected chi connectivity index (χ0v) is 21.1. The van der Waals surface area contributed by atoms with Crippen molar-refractivity contribution in [3.05, 3.63) is 119 Å². The molecule has 0 fully saturated rings. The van der Waals surface area contributed by atoms with Crippen molar-refractivity contribution in [1.29, 1.82) is 0 Å². The highest BCUT2D eigenvalue weighted by atomic mass is 16.5. The molecule has 0 atom stereocenters. The normalized spacial score (nSPS) is 10.6. The van der Waals surface area contributed by atoms with E-state index in [4.69, 9.17) is 18.9 Å². The zero-order chi connectivity index (χ0) is 25.2. The Labute approximate surface area is 213 Å². The predicted octanol–water partition coefficient (Wildman–Crippen LogP) is 6.64. The number of anilines is 1. The summed E-state index contributed by atoms with van der Waals surface area (Å²) >= 11 is 0. The summed E-state index contributed by atoms with van der Waals surface area (Å²) in [5.74, 6) is 2.56. The molecule has 36 heavy (non-hydrogen) atoms. The summed E-state index contributed by atoms with van der Waals surface area (Å²) in [4.78, 5) is 2.35. The Balaban J connectivity index is 1.46. The Morgan fingerprint density at radius 1 is 0.500 bits per heavy atom. The molecule has 0 bridgehead atoms. The summed E-state index contributed by atoms with van der Waals surface area (Å²) in [6.45, 7) is 2.58. The van der Waals surface area contributed by atoms with E-state index in [0.717, 1.165) is 47.2 Å². The number of rotatable bonds is 12. The van der Waals surface area contributed by atoms with Gasteiger partial charge in [-0.2, -0.15) is 0 Å². The second kappa shape index (κ2) is 12.7. The third-order valence-corrected chi connectivity index (χ3v) is 5.99. The second-order valence-corrected chi connectivity index (χ2v) is 8.57. The maximum Gasteiger partial charge on any atom is 0.119 e. The molecule has 4 aromatic carbocycles. The van der Waals surface area contributed by atoms with Gasteiger partial charge in [-0.1, -0.05) is 48.5 Å². The number of hydrogen-bond donors (Lipinski definition) is 0. The molecule has 0 N–H and O–H groups in total. The molecular formula is C31H33NO4. The zero-order valence-electron chi connectivity index (χ0n) is 21.1. The van der Waals surface area contributed by atoms with Gasteiger partial charge >= 0.3 is 0 Å². The molecule has 5 heteroatoms. The summed E-state index contributed by atoms with van der Waals surface area (Å²) in [6, 6.07) is 32.9. The molecule has 0 radical (unpaired) electrons. The quantitative estimate of drug-likeness (QED) is 0.226. The highest BCUT2D eigenvalue weighted by Gasteiger charge is 2.11. The maximum absolute atomic E-state index is 5.95. The third kappa shape index (κ3) is 7.03. The van der Waals surface area contributed by atoms with Crippen LogP contribution in [0.1, 0.15) is 22.3 Å². The lowest BCUT2D eigenvalue weighted by molar-refractivity contribution is 0.107. The number of methoxy groups -OCH3 is 3. The van der Waals surface area contributed by atoms with Crippen molar-refractivity contribution in [3.8, 4) is 17.2 Å². The van der Waals surface area contributed by atoms with Gasteiger partial charge in [0.15, 0.2) is 0 Å². The van der Waals surface area contributed by atoms with Gasteiger partial charge in [-0.05, 0) is 70.8 Å². The minimum absolute atomic E-state index is 0.538. The van der Waals surface area contributed by atoms with Crippen LogP contribution in [-0.4, -0.2) is 21.3 Å². The molecule has 0 saturated carbocycles. The van der Waals surface area contributed by atoms with Gasteiger partial charge in [0.25, 0.3) is 0 Å². The number of hydrogen-bond acceptors (Lipinski definition) is 5. The van der Waals surface area contributed by atoms with E-state index >= 15 is 0 Å². The largest absolute Gasteiger partial charge is 0.497 e.